The summed E-state index contributed by atoms with van der Waals surface area (Å²) in [5.74, 6) is 0.614. The molecule has 1 saturated heterocycles. The molecule has 1 unspecified atom stereocenters. The fraction of sp³-hybridized carbons (Fsp3) is 0.471. The van der Waals surface area contributed by atoms with E-state index in [-0.39, 0.29) is 5.41 Å². The van der Waals surface area contributed by atoms with Gasteiger partial charge in [-0.05, 0) is 23.9 Å². The van der Waals surface area contributed by atoms with Crippen molar-refractivity contribution < 1.29 is 0 Å². The average molecular weight is 286 g/mol. The van der Waals surface area contributed by atoms with Crippen molar-refractivity contribution >= 4 is 11.3 Å². The topological polar surface area (TPSA) is 24.9 Å². The third kappa shape index (κ3) is 2.79. The third-order valence-corrected chi connectivity index (χ3v) is 4.99. The van der Waals surface area contributed by atoms with Crippen LogP contribution in [0.4, 0.5) is 0 Å². The van der Waals surface area contributed by atoms with Gasteiger partial charge in [0, 0.05) is 23.4 Å². The van der Waals surface area contributed by atoms with Gasteiger partial charge in [-0.2, -0.15) is 0 Å². The quantitative estimate of drug-likeness (QED) is 0.895. The van der Waals surface area contributed by atoms with E-state index in [2.05, 4.69) is 55.7 Å². The Morgan fingerprint density at radius 1 is 1.20 bits per heavy atom. The van der Waals surface area contributed by atoms with Gasteiger partial charge in [-0.25, -0.2) is 4.98 Å². The molecule has 20 heavy (non-hydrogen) atoms. The molecule has 106 valence electrons. The van der Waals surface area contributed by atoms with Crippen molar-refractivity contribution in [3.05, 3.63) is 40.2 Å². The minimum Gasteiger partial charge on any atom is -0.316 e. The van der Waals surface area contributed by atoms with E-state index >= 15 is 0 Å². The standard InChI is InChI=1S/C17H22N2S/c1-17(2,3)14-6-4-12(5-7-14)15-11-20-16(19-15)13-8-9-18-10-13/h4-7,11,13,18H,8-10H2,1-3H3. The minimum atomic E-state index is 0.210. The Bertz CT molecular complexity index is 572. The molecule has 0 bridgehead atoms. The molecule has 1 fully saturated rings. The van der Waals surface area contributed by atoms with E-state index in [1.807, 2.05) is 0 Å². The maximum atomic E-state index is 4.83. The van der Waals surface area contributed by atoms with Crippen LogP contribution in [-0.4, -0.2) is 18.1 Å². The predicted octanol–water partition coefficient (Wildman–Crippen LogP) is 4.18. The van der Waals surface area contributed by atoms with Gasteiger partial charge in [0.05, 0.1) is 10.7 Å². The highest BCUT2D eigenvalue weighted by Crippen LogP contribution is 2.31. The van der Waals surface area contributed by atoms with E-state index in [1.165, 1.54) is 22.6 Å². The number of hydrogen-bond acceptors (Lipinski definition) is 3. The Balaban J connectivity index is 1.82. The second-order valence-corrected chi connectivity index (χ2v) is 7.48. The molecule has 1 aromatic carbocycles. The first-order valence-electron chi connectivity index (χ1n) is 7.31. The van der Waals surface area contributed by atoms with Crippen LogP contribution in [0.3, 0.4) is 0 Å². The molecule has 3 rings (SSSR count). The van der Waals surface area contributed by atoms with Crippen LogP contribution in [-0.2, 0) is 5.41 Å². The van der Waals surface area contributed by atoms with Gasteiger partial charge in [0.2, 0.25) is 0 Å². The van der Waals surface area contributed by atoms with Crippen LogP contribution in [0.25, 0.3) is 11.3 Å². The first kappa shape index (κ1) is 13.8. The Labute approximate surface area is 125 Å². The van der Waals surface area contributed by atoms with Crippen molar-refractivity contribution in [2.24, 2.45) is 0 Å². The first-order valence-corrected chi connectivity index (χ1v) is 8.19. The van der Waals surface area contributed by atoms with Gasteiger partial charge in [-0.3, -0.25) is 0 Å². The molecule has 0 aliphatic carbocycles. The second kappa shape index (κ2) is 5.30. The highest BCUT2D eigenvalue weighted by Gasteiger charge is 2.20. The zero-order chi connectivity index (χ0) is 14.2. The van der Waals surface area contributed by atoms with Gasteiger partial charge in [-0.15, -0.1) is 11.3 Å². The Morgan fingerprint density at radius 2 is 1.95 bits per heavy atom. The van der Waals surface area contributed by atoms with E-state index in [0.29, 0.717) is 5.92 Å². The lowest BCUT2D eigenvalue weighted by atomic mass is 9.86. The lowest BCUT2D eigenvalue weighted by molar-refractivity contribution is 0.590. The highest BCUT2D eigenvalue weighted by molar-refractivity contribution is 7.10. The number of nitrogens with one attached hydrogen (secondary N) is 1. The molecule has 0 saturated carbocycles. The molecule has 0 radical (unpaired) electrons. The zero-order valence-electron chi connectivity index (χ0n) is 12.4. The fourth-order valence-corrected chi connectivity index (χ4v) is 3.58. The summed E-state index contributed by atoms with van der Waals surface area (Å²) < 4.78 is 0. The number of nitrogens with zero attached hydrogens (tertiary/aromatic N) is 1. The van der Waals surface area contributed by atoms with Gasteiger partial charge >= 0.3 is 0 Å². The van der Waals surface area contributed by atoms with Crippen molar-refractivity contribution in [1.82, 2.24) is 10.3 Å². The molecule has 2 nitrogen and oxygen atoms in total. The highest BCUT2D eigenvalue weighted by atomic mass is 32.1. The van der Waals surface area contributed by atoms with Gasteiger partial charge < -0.3 is 5.32 Å². The van der Waals surface area contributed by atoms with Crippen LogP contribution in [0.1, 0.15) is 43.7 Å². The monoisotopic (exact) mass is 286 g/mol. The normalized spacial score (nSPS) is 19.4. The van der Waals surface area contributed by atoms with Gasteiger partial charge in [0.25, 0.3) is 0 Å². The van der Waals surface area contributed by atoms with E-state index in [9.17, 15) is 0 Å². The zero-order valence-corrected chi connectivity index (χ0v) is 13.3. The summed E-state index contributed by atoms with van der Waals surface area (Å²) >= 11 is 1.80. The van der Waals surface area contributed by atoms with Crippen LogP contribution < -0.4 is 5.32 Å². The Morgan fingerprint density at radius 3 is 2.55 bits per heavy atom. The molecule has 0 spiro atoms. The molecule has 0 amide bonds. The van der Waals surface area contributed by atoms with E-state index < -0.39 is 0 Å². The maximum Gasteiger partial charge on any atom is 0.0976 e. The molecule has 1 aromatic heterocycles. The summed E-state index contributed by atoms with van der Waals surface area (Å²) in [5, 5.41) is 6.89. The van der Waals surface area contributed by atoms with Crippen molar-refractivity contribution in [1.29, 1.82) is 0 Å². The van der Waals surface area contributed by atoms with Crippen molar-refractivity contribution in [2.75, 3.05) is 13.1 Å². The molecule has 2 aromatic rings. The molecule has 1 N–H and O–H groups in total. The van der Waals surface area contributed by atoms with Crippen LogP contribution in [0.5, 0.6) is 0 Å². The Kier molecular flexibility index (Phi) is 3.65. The fourth-order valence-electron chi connectivity index (χ4n) is 2.61. The molecular formula is C17H22N2S. The third-order valence-electron chi connectivity index (χ3n) is 3.98. The van der Waals surface area contributed by atoms with Crippen molar-refractivity contribution in [2.45, 2.75) is 38.5 Å². The lowest BCUT2D eigenvalue weighted by Crippen LogP contribution is -2.10. The smallest absolute Gasteiger partial charge is 0.0976 e. The van der Waals surface area contributed by atoms with Gasteiger partial charge in [0.1, 0.15) is 0 Å². The van der Waals surface area contributed by atoms with E-state index in [0.717, 1.165) is 18.8 Å². The maximum absolute atomic E-state index is 4.83. The van der Waals surface area contributed by atoms with Crippen LogP contribution in [0.15, 0.2) is 29.6 Å². The molecular weight excluding hydrogens is 264 g/mol. The second-order valence-electron chi connectivity index (χ2n) is 6.59. The van der Waals surface area contributed by atoms with Crippen LogP contribution >= 0.6 is 11.3 Å². The van der Waals surface area contributed by atoms with E-state index in [4.69, 9.17) is 4.98 Å². The average Bonchev–Trinajstić information content (AvgIpc) is 3.09. The largest absolute Gasteiger partial charge is 0.316 e. The van der Waals surface area contributed by atoms with Crippen molar-refractivity contribution in [3.8, 4) is 11.3 Å². The molecule has 1 aliphatic heterocycles. The van der Waals surface area contributed by atoms with Gasteiger partial charge in [-0.1, -0.05) is 45.0 Å². The lowest BCUT2D eigenvalue weighted by Gasteiger charge is -2.18. The molecule has 2 heterocycles. The minimum absolute atomic E-state index is 0.210. The summed E-state index contributed by atoms with van der Waals surface area (Å²) in [6.45, 7) is 8.94. The number of hydrogen-bond donors (Lipinski definition) is 1. The van der Waals surface area contributed by atoms with E-state index in [1.54, 1.807) is 11.3 Å². The van der Waals surface area contributed by atoms with Crippen LogP contribution in [0, 0.1) is 0 Å². The Hall–Kier alpha value is -1.19. The van der Waals surface area contributed by atoms with Crippen molar-refractivity contribution in [3.63, 3.8) is 0 Å². The summed E-state index contributed by atoms with van der Waals surface area (Å²) in [6.07, 6.45) is 1.22. The summed E-state index contributed by atoms with van der Waals surface area (Å²) in [7, 11) is 0. The van der Waals surface area contributed by atoms with Crippen LogP contribution in [0.2, 0.25) is 0 Å². The molecule has 3 heteroatoms. The summed E-state index contributed by atoms with van der Waals surface area (Å²) in [6, 6.07) is 8.86. The first-order chi connectivity index (χ1) is 9.54. The number of aromatic nitrogens is 1. The number of rotatable bonds is 2. The SMILES string of the molecule is CC(C)(C)c1ccc(-c2csc(C3CCNC3)n2)cc1. The summed E-state index contributed by atoms with van der Waals surface area (Å²) in [5.41, 5.74) is 3.93. The molecule has 1 aliphatic rings. The number of thiazole rings is 1. The predicted molar refractivity (Wildman–Crippen MR) is 86.5 cm³/mol. The molecule has 1 atom stereocenters. The van der Waals surface area contributed by atoms with Gasteiger partial charge in [0.15, 0.2) is 0 Å². The number of benzene rings is 1. The summed E-state index contributed by atoms with van der Waals surface area (Å²) in [4.78, 5) is 4.83.